The minimum Gasteiger partial charge on any atom is -0.373 e. The van der Waals surface area contributed by atoms with Crippen LogP contribution in [0.4, 0.5) is 5.69 Å². The van der Waals surface area contributed by atoms with Crippen LogP contribution in [0.15, 0.2) is 18.2 Å². The molecule has 2 unspecified atom stereocenters. The Morgan fingerprint density at radius 1 is 1.07 bits per heavy atom. The third kappa shape index (κ3) is 5.10. The Bertz CT molecular complexity index is 736. The number of carbonyl (C=O) groups is 2. The Labute approximate surface area is 173 Å². The molecule has 4 rings (SSSR count). The van der Waals surface area contributed by atoms with E-state index in [9.17, 15) is 9.59 Å². The number of piperidine rings is 1. The van der Waals surface area contributed by atoms with Crippen molar-refractivity contribution >= 4 is 17.5 Å². The van der Waals surface area contributed by atoms with Gasteiger partial charge in [0, 0.05) is 30.6 Å². The predicted molar refractivity (Wildman–Crippen MR) is 115 cm³/mol. The van der Waals surface area contributed by atoms with Crippen LogP contribution in [-0.2, 0) is 16.0 Å². The fourth-order valence-electron chi connectivity index (χ4n) is 5.04. The minimum absolute atomic E-state index is 0.0953. The molecule has 0 bridgehead atoms. The minimum atomic E-state index is -0.173. The first kappa shape index (κ1) is 20.2. The quantitative estimate of drug-likeness (QED) is 0.613. The summed E-state index contributed by atoms with van der Waals surface area (Å²) >= 11 is 0. The van der Waals surface area contributed by atoms with Crippen LogP contribution in [0.1, 0.15) is 56.1 Å². The smallest absolute Gasteiger partial charge is 0.243 e. The van der Waals surface area contributed by atoms with Gasteiger partial charge in [-0.25, -0.2) is 0 Å². The second-order valence-electron chi connectivity index (χ2n) is 9.05. The van der Waals surface area contributed by atoms with Crippen LogP contribution in [-0.4, -0.2) is 43.0 Å². The van der Waals surface area contributed by atoms with E-state index in [1.807, 2.05) is 0 Å². The van der Waals surface area contributed by atoms with Crippen LogP contribution in [0.25, 0.3) is 0 Å². The van der Waals surface area contributed by atoms with E-state index in [0.717, 1.165) is 57.3 Å². The standard InChI is InChI=1S/C23H34N4O2/c1-15-4-2-6-17-13-20(27-22(15)17)23(29)26-19-9-7-18(8-10-19)25-21(28)12-16-5-3-11-24-14-16/h2,4,6,16,18-20,24,27H,3,5,7-14H2,1H3,(H,25,28)(H,26,29)/t16?,18-,19-,20?. The van der Waals surface area contributed by atoms with Gasteiger partial charge in [0.1, 0.15) is 6.04 Å². The zero-order valence-electron chi connectivity index (χ0n) is 17.4. The van der Waals surface area contributed by atoms with Crippen molar-refractivity contribution in [2.75, 3.05) is 18.4 Å². The molecule has 1 saturated heterocycles. The van der Waals surface area contributed by atoms with E-state index in [4.69, 9.17) is 0 Å². The first-order valence-corrected chi connectivity index (χ1v) is 11.2. The molecule has 4 N–H and O–H groups in total. The molecule has 0 radical (unpaired) electrons. The molecule has 2 aliphatic heterocycles. The molecule has 0 aromatic heterocycles. The SMILES string of the molecule is Cc1cccc2c1NC(C(=O)N[C@H]1CC[C@H](NC(=O)CC3CCCNC3)CC1)C2. The maximum absolute atomic E-state index is 12.7. The number of aryl methyl sites for hydroxylation is 1. The van der Waals surface area contributed by atoms with E-state index in [-0.39, 0.29) is 29.9 Å². The molecule has 1 aromatic carbocycles. The maximum Gasteiger partial charge on any atom is 0.243 e. The summed E-state index contributed by atoms with van der Waals surface area (Å²) in [5, 5.41) is 13.2. The van der Waals surface area contributed by atoms with Crippen LogP contribution in [0.5, 0.6) is 0 Å². The van der Waals surface area contributed by atoms with Gasteiger partial charge in [0.2, 0.25) is 11.8 Å². The molecule has 6 heteroatoms. The Morgan fingerprint density at radius 3 is 2.52 bits per heavy atom. The monoisotopic (exact) mass is 398 g/mol. The maximum atomic E-state index is 12.7. The second kappa shape index (κ2) is 9.16. The Hall–Kier alpha value is -2.08. The molecule has 1 saturated carbocycles. The fraction of sp³-hybridized carbons (Fsp3) is 0.652. The van der Waals surface area contributed by atoms with Crippen molar-refractivity contribution in [1.29, 1.82) is 0 Å². The lowest BCUT2D eigenvalue weighted by Gasteiger charge is -2.31. The average Bonchev–Trinajstić information content (AvgIpc) is 3.16. The van der Waals surface area contributed by atoms with Gasteiger partial charge in [0.15, 0.2) is 0 Å². The lowest BCUT2D eigenvalue weighted by Crippen LogP contribution is -2.48. The van der Waals surface area contributed by atoms with Gasteiger partial charge in [-0.2, -0.15) is 0 Å². The van der Waals surface area contributed by atoms with Crippen molar-refractivity contribution in [1.82, 2.24) is 16.0 Å². The average molecular weight is 399 g/mol. The van der Waals surface area contributed by atoms with E-state index >= 15 is 0 Å². The molecular weight excluding hydrogens is 364 g/mol. The number of benzene rings is 1. The van der Waals surface area contributed by atoms with Gasteiger partial charge in [-0.05, 0) is 75.6 Å². The largest absolute Gasteiger partial charge is 0.373 e. The van der Waals surface area contributed by atoms with Crippen LogP contribution in [0, 0.1) is 12.8 Å². The van der Waals surface area contributed by atoms with Crippen LogP contribution in [0.3, 0.4) is 0 Å². The molecule has 1 aliphatic carbocycles. The number of nitrogens with one attached hydrogen (secondary N) is 4. The lowest BCUT2D eigenvalue weighted by atomic mass is 9.90. The number of carbonyl (C=O) groups excluding carboxylic acids is 2. The summed E-state index contributed by atoms with van der Waals surface area (Å²) < 4.78 is 0. The molecule has 2 fully saturated rings. The number of hydrogen-bond acceptors (Lipinski definition) is 4. The van der Waals surface area contributed by atoms with Gasteiger partial charge in [-0.1, -0.05) is 18.2 Å². The van der Waals surface area contributed by atoms with Gasteiger partial charge < -0.3 is 21.3 Å². The Kier molecular flexibility index (Phi) is 6.38. The summed E-state index contributed by atoms with van der Waals surface area (Å²) in [5.74, 6) is 0.762. The summed E-state index contributed by atoms with van der Waals surface area (Å²) in [6, 6.07) is 6.52. The molecular formula is C23H34N4O2. The van der Waals surface area contributed by atoms with Crippen molar-refractivity contribution < 1.29 is 9.59 Å². The normalized spacial score (nSPS) is 28.9. The lowest BCUT2D eigenvalue weighted by molar-refractivity contribution is -0.124. The summed E-state index contributed by atoms with van der Waals surface area (Å²) in [5.41, 5.74) is 3.54. The fourth-order valence-corrected chi connectivity index (χ4v) is 5.04. The van der Waals surface area contributed by atoms with Crippen LogP contribution >= 0.6 is 0 Å². The number of fused-ring (bicyclic) bond motifs is 1. The highest BCUT2D eigenvalue weighted by Crippen LogP contribution is 2.29. The summed E-state index contributed by atoms with van der Waals surface area (Å²) in [6.45, 7) is 4.12. The molecule has 0 spiro atoms. The molecule has 3 aliphatic rings. The number of anilines is 1. The van der Waals surface area contributed by atoms with E-state index in [2.05, 4.69) is 46.4 Å². The van der Waals surface area contributed by atoms with E-state index < -0.39 is 0 Å². The summed E-state index contributed by atoms with van der Waals surface area (Å²) in [6.07, 6.45) is 7.46. The van der Waals surface area contributed by atoms with Crippen LogP contribution < -0.4 is 21.3 Å². The zero-order valence-corrected chi connectivity index (χ0v) is 17.4. The number of hydrogen-bond donors (Lipinski definition) is 4. The molecule has 2 atom stereocenters. The number of amides is 2. The first-order valence-electron chi connectivity index (χ1n) is 11.2. The zero-order chi connectivity index (χ0) is 20.2. The molecule has 2 amide bonds. The third-order valence-electron chi connectivity index (χ3n) is 6.73. The summed E-state index contributed by atoms with van der Waals surface area (Å²) in [7, 11) is 0. The molecule has 6 nitrogen and oxygen atoms in total. The van der Waals surface area contributed by atoms with Crippen molar-refractivity contribution in [2.45, 2.75) is 76.4 Å². The number of rotatable bonds is 5. The van der Waals surface area contributed by atoms with E-state index in [1.165, 1.54) is 17.5 Å². The number of para-hydroxylation sites is 1. The van der Waals surface area contributed by atoms with Gasteiger partial charge in [-0.15, -0.1) is 0 Å². The second-order valence-corrected chi connectivity index (χ2v) is 9.05. The first-order chi connectivity index (χ1) is 14.1. The molecule has 1 aromatic rings. The highest BCUT2D eigenvalue weighted by molar-refractivity contribution is 5.88. The van der Waals surface area contributed by atoms with Gasteiger partial charge >= 0.3 is 0 Å². The Morgan fingerprint density at radius 2 is 1.83 bits per heavy atom. The topological polar surface area (TPSA) is 82.3 Å². The van der Waals surface area contributed by atoms with Crippen molar-refractivity contribution in [3.63, 3.8) is 0 Å². The third-order valence-corrected chi connectivity index (χ3v) is 6.73. The van der Waals surface area contributed by atoms with Crippen molar-refractivity contribution in [2.24, 2.45) is 5.92 Å². The van der Waals surface area contributed by atoms with Gasteiger partial charge in [-0.3, -0.25) is 9.59 Å². The molecule has 2 heterocycles. The molecule has 29 heavy (non-hydrogen) atoms. The van der Waals surface area contributed by atoms with E-state index in [0.29, 0.717) is 12.3 Å². The van der Waals surface area contributed by atoms with Gasteiger partial charge in [0.25, 0.3) is 0 Å². The van der Waals surface area contributed by atoms with Crippen LogP contribution in [0.2, 0.25) is 0 Å². The highest BCUT2D eigenvalue weighted by Gasteiger charge is 2.30. The summed E-state index contributed by atoms with van der Waals surface area (Å²) in [4.78, 5) is 25.1. The Balaban J connectivity index is 1.18. The van der Waals surface area contributed by atoms with E-state index in [1.54, 1.807) is 0 Å². The molecule has 158 valence electrons. The van der Waals surface area contributed by atoms with Crippen molar-refractivity contribution in [3.8, 4) is 0 Å². The predicted octanol–water partition coefficient (Wildman–Crippen LogP) is 2.26. The van der Waals surface area contributed by atoms with Gasteiger partial charge in [0.05, 0.1) is 0 Å². The highest BCUT2D eigenvalue weighted by atomic mass is 16.2. The van der Waals surface area contributed by atoms with Crippen molar-refractivity contribution in [3.05, 3.63) is 29.3 Å².